The molecule has 0 spiro atoms. The Morgan fingerprint density at radius 1 is 0.476 bits per heavy atom. The van der Waals surface area contributed by atoms with E-state index in [1.54, 1.807) is 0 Å². The van der Waals surface area contributed by atoms with Crippen molar-refractivity contribution < 1.29 is 0 Å². The molecular weight excluding hydrogens is 759 g/mol. The van der Waals surface area contributed by atoms with E-state index in [2.05, 4.69) is 239 Å². The molecule has 302 valence electrons. The average molecular weight is 809 g/mol. The lowest BCUT2D eigenvalue weighted by Gasteiger charge is -2.47. The molecule has 0 saturated carbocycles. The van der Waals surface area contributed by atoms with Gasteiger partial charge in [-0.3, -0.25) is 0 Å². The maximum absolute atomic E-state index is 2.67. The molecule has 0 atom stereocenters. The standard InChI is InChI=1S/C60H49BN2/c1-38-33-42(39-17-9-7-10-18-39)26-31-53(38)62-55-37-51-48(47-23-15-16-24-50(47)60(51,5)6)36-52(55)61-58-49(34-43(35-56(58)62)40-19-11-8-12-20-40)57-46-22-14-13-21-41(46)25-32-54(57)63(61)45-29-27-44(28-30-45)59(2,3)4/h7-37H,1-6H3. The summed E-state index contributed by atoms with van der Waals surface area (Å²) in [5.74, 6) is 0. The first-order valence-corrected chi connectivity index (χ1v) is 22.5. The van der Waals surface area contributed by atoms with Crippen LogP contribution in [0.4, 0.5) is 28.4 Å². The van der Waals surface area contributed by atoms with Crippen LogP contribution in [0, 0.1) is 6.92 Å². The van der Waals surface area contributed by atoms with Gasteiger partial charge in [0.25, 0.3) is 0 Å². The molecule has 12 rings (SSSR count). The van der Waals surface area contributed by atoms with Crippen molar-refractivity contribution in [2.75, 3.05) is 9.71 Å². The van der Waals surface area contributed by atoms with E-state index in [-0.39, 0.29) is 17.7 Å². The van der Waals surface area contributed by atoms with Gasteiger partial charge >= 0.3 is 6.85 Å². The Morgan fingerprint density at radius 3 is 1.87 bits per heavy atom. The minimum Gasteiger partial charge on any atom is -0.376 e. The van der Waals surface area contributed by atoms with Crippen molar-refractivity contribution in [1.82, 2.24) is 0 Å². The van der Waals surface area contributed by atoms with Gasteiger partial charge < -0.3 is 9.71 Å². The number of benzene rings is 9. The molecule has 2 aliphatic heterocycles. The van der Waals surface area contributed by atoms with Crippen LogP contribution < -0.4 is 20.6 Å². The van der Waals surface area contributed by atoms with Crippen molar-refractivity contribution in [3.05, 3.63) is 210 Å². The topological polar surface area (TPSA) is 6.48 Å². The van der Waals surface area contributed by atoms with E-state index in [0.717, 1.165) is 0 Å². The second-order valence-electron chi connectivity index (χ2n) is 19.4. The molecule has 9 aromatic rings. The Labute approximate surface area is 372 Å². The molecular formula is C60H49BN2. The zero-order valence-electron chi connectivity index (χ0n) is 36.9. The van der Waals surface area contributed by atoms with Crippen molar-refractivity contribution >= 4 is 57.0 Å². The summed E-state index contributed by atoms with van der Waals surface area (Å²) >= 11 is 0. The highest BCUT2D eigenvalue weighted by atomic mass is 15.2. The monoisotopic (exact) mass is 808 g/mol. The highest BCUT2D eigenvalue weighted by Gasteiger charge is 2.48. The predicted octanol–water partition coefficient (Wildman–Crippen LogP) is 14.8. The quantitative estimate of drug-likeness (QED) is 0.163. The highest BCUT2D eigenvalue weighted by Crippen LogP contribution is 2.54. The molecule has 0 unspecified atom stereocenters. The van der Waals surface area contributed by atoms with E-state index < -0.39 is 0 Å². The predicted molar refractivity (Wildman–Crippen MR) is 270 cm³/mol. The zero-order chi connectivity index (χ0) is 42.8. The van der Waals surface area contributed by atoms with Crippen LogP contribution in [0.25, 0.3) is 55.3 Å². The summed E-state index contributed by atoms with van der Waals surface area (Å²) < 4.78 is 0. The van der Waals surface area contributed by atoms with Gasteiger partial charge in [-0.15, -0.1) is 0 Å². The lowest BCUT2D eigenvalue weighted by Crippen LogP contribution is -2.61. The first-order chi connectivity index (χ1) is 30.6. The number of hydrogen-bond acceptors (Lipinski definition) is 2. The molecule has 3 aliphatic rings. The fourth-order valence-corrected chi connectivity index (χ4v) is 11.1. The van der Waals surface area contributed by atoms with Gasteiger partial charge in [0, 0.05) is 39.4 Å². The molecule has 0 radical (unpaired) electrons. The second-order valence-corrected chi connectivity index (χ2v) is 19.4. The summed E-state index contributed by atoms with van der Waals surface area (Å²) in [6, 6.07) is 71.1. The molecule has 0 N–H and O–H groups in total. The molecule has 0 bridgehead atoms. The summed E-state index contributed by atoms with van der Waals surface area (Å²) in [7, 11) is 0. The average Bonchev–Trinajstić information content (AvgIpc) is 3.53. The van der Waals surface area contributed by atoms with Gasteiger partial charge in [-0.2, -0.15) is 0 Å². The van der Waals surface area contributed by atoms with E-state index in [1.807, 2.05) is 0 Å². The van der Waals surface area contributed by atoms with E-state index in [0.29, 0.717) is 0 Å². The lowest BCUT2D eigenvalue weighted by molar-refractivity contribution is 0.590. The molecule has 2 heterocycles. The van der Waals surface area contributed by atoms with Crippen LogP contribution in [0.5, 0.6) is 0 Å². The Bertz CT molecular complexity index is 3300. The normalized spacial score (nSPS) is 14.2. The third-order valence-corrected chi connectivity index (χ3v) is 14.3. The molecule has 0 saturated heterocycles. The van der Waals surface area contributed by atoms with Gasteiger partial charge in [0.1, 0.15) is 0 Å². The molecule has 0 amide bonds. The number of rotatable bonds is 4. The second kappa shape index (κ2) is 13.7. The molecule has 3 heteroatoms. The van der Waals surface area contributed by atoms with E-state index in [1.165, 1.54) is 117 Å². The van der Waals surface area contributed by atoms with E-state index in [9.17, 15) is 0 Å². The first-order valence-electron chi connectivity index (χ1n) is 22.5. The van der Waals surface area contributed by atoms with Gasteiger partial charge in [-0.25, -0.2) is 0 Å². The third kappa shape index (κ3) is 5.65. The van der Waals surface area contributed by atoms with Gasteiger partial charge in [0.05, 0.1) is 0 Å². The first kappa shape index (κ1) is 37.6. The van der Waals surface area contributed by atoms with Crippen molar-refractivity contribution in [2.45, 2.75) is 52.4 Å². The number of hydrogen-bond donors (Lipinski definition) is 0. The Morgan fingerprint density at radius 2 is 1.14 bits per heavy atom. The number of anilines is 5. The van der Waals surface area contributed by atoms with Gasteiger partial charge in [0.15, 0.2) is 0 Å². The smallest absolute Gasteiger partial charge is 0.333 e. The minimum atomic E-state index is -0.170. The largest absolute Gasteiger partial charge is 0.376 e. The van der Waals surface area contributed by atoms with E-state index in [4.69, 9.17) is 0 Å². The Hall–Kier alpha value is -7.10. The van der Waals surface area contributed by atoms with Crippen LogP contribution >= 0.6 is 0 Å². The zero-order valence-corrected chi connectivity index (χ0v) is 36.9. The van der Waals surface area contributed by atoms with Crippen LogP contribution in [0.1, 0.15) is 56.9 Å². The maximum Gasteiger partial charge on any atom is 0.333 e. The minimum absolute atomic E-state index is 0.0365. The maximum atomic E-state index is 2.67. The molecule has 9 aromatic carbocycles. The molecule has 63 heavy (non-hydrogen) atoms. The summed E-state index contributed by atoms with van der Waals surface area (Å²) in [5, 5.41) is 2.51. The van der Waals surface area contributed by atoms with Gasteiger partial charge in [0.2, 0.25) is 0 Å². The fraction of sp³-hybridized carbons (Fsp3) is 0.133. The third-order valence-electron chi connectivity index (χ3n) is 14.3. The summed E-state index contributed by atoms with van der Waals surface area (Å²) in [5.41, 5.74) is 24.0. The lowest BCUT2D eigenvalue weighted by atomic mass is 9.43. The summed E-state index contributed by atoms with van der Waals surface area (Å²) in [4.78, 5) is 5.29. The van der Waals surface area contributed by atoms with Gasteiger partial charge in [-0.05, 0) is 144 Å². The van der Waals surface area contributed by atoms with Crippen LogP contribution in [-0.4, -0.2) is 6.85 Å². The van der Waals surface area contributed by atoms with Crippen LogP contribution in [-0.2, 0) is 10.8 Å². The van der Waals surface area contributed by atoms with E-state index >= 15 is 0 Å². The SMILES string of the molecule is Cc1cc(-c2ccccc2)ccc1N1c2cc3c(cc2B2c4c(cc(-c5ccccc5)cc41)-c1c(ccc4ccccc14)N2c1ccc(C(C)(C)C)cc1)-c1ccccc1C3(C)C. The summed E-state index contributed by atoms with van der Waals surface area (Å²) in [6.07, 6.45) is 0. The van der Waals surface area contributed by atoms with Crippen LogP contribution in [0.3, 0.4) is 0 Å². The van der Waals surface area contributed by atoms with Crippen LogP contribution in [0.15, 0.2) is 188 Å². The molecule has 0 aromatic heterocycles. The fourth-order valence-electron chi connectivity index (χ4n) is 11.1. The van der Waals surface area contributed by atoms with Crippen LogP contribution in [0.2, 0.25) is 0 Å². The Balaban J connectivity index is 1.22. The molecule has 2 nitrogen and oxygen atoms in total. The number of nitrogens with zero attached hydrogens (tertiary/aromatic N) is 2. The van der Waals surface area contributed by atoms with Crippen molar-refractivity contribution in [1.29, 1.82) is 0 Å². The summed E-state index contributed by atoms with van der Waals surface area (Å²) in [6.45, 7) is 13.9. The Kier molecular flexibility index (Phi) is 8.19. The molecule has 1 aliphatic carbocycles. The van der Waals surface area contributed by atoms with Crippen molar-refractivity contribution in [3.63, 3.8) is 0 Å². The van der Waals surface area contributed by atoms with Crippen molar-refractivity contribution in [3.8, 4) is 44.5 Å². The van der Waals surface area contributed by atoms with Crippen molar-refractivity contribution in [2.24, 2.45) is 0 Å². The number of fused-ring (bicyclic) bond motifs is 9. The number of aryl methyl sites for hydroxylation is 1. The molecule has 0 fully saturated rings. The van der Waals surface area contributed by atoms with Gasteiger partial charge in [-0.1, -0.05) is 174 Å². The highest BCUT2D eigenvalue weighted by molar-refractivity contribution is 6.93.